The minimum Gasteiger partial charge on any atom is -0.508 e. The van der Waals surface area contributed by atoms with Crippen molar-refractivity contribution in [1.82, 2.24) is 15.0 Å². The summed E-state index contributed by atoms with van der Waals surface area (Å²) in [6.45, 7) is 5.66. The number of amides is 1. The van der Waals surface area contributed by atoms with E-state index < -0.39 is 5.97 Å². The SMILES string of the molecule is CCOC(=O)c1sc(NC(=O)CSc2nc(Cc3ccc(O)cc3)c(C)[nH]2)nc1C. The van der Waals surface area contributed by atoms with E-state index in [2.05, 4.69) is 20.3 Å². The van der Waals surface area contributed by atoms with Gasteiger partial charge in [-0.25, -0.2) is 14.8 Å². The van der Waals surface area contributed by atoms with Crippen LogP contribution in [0.1, 0.15) is 39.2 Å². The highest BCUT2D eigenvalue weighted by atomic mass is 32.2. The zero-order valence-corrected chi connectivity index (χ0v) is 18.4. The molecule has 0 aliphatic rings. The third-order valence-electron chi connectivity index (χ3n) is 4.12. The van der Waals surface area contributed by atoms with Crippen LogP contribution in [0.25, 0.3) is 0 Å². The fourth-order valence-corrected chi connectivity index (χ4v) is 4.26. The van der Waals surface area contributed by atoms with E-state index in [-0.39, 0.29) is 24.0 Å². The number of carbonyl (C=O) groups excluding carboxylic acids is 2. The predicted octanol–water partition coefficient (Wildman–Crippen LogP) is 3.69. The number of carbonyl (C=O) groups is 2. The number of hydrogen-bond acceptors (Lipinski definition) is 8. The van der Waals surface area contributed by atoms with Gasteiger partial charge in [0.25, 0.3) is 0 Å². The molecule has 10 heteroatoms. The maximum absolute atomic E-state index is 12.3. The van der Waals surface area contributed by atoms with Gasteiger partial charge in [-0.05, 0) is 38.5 Å². The highest BCUT2D eigenvalue weighted by Crippen LogP contribution is 2.24. The summed E-state index contributed by atoms with van der Waals surface area (Å²) in [6, 6.07) is 6.99. The number of aromatic nitrogens is 3. The van der Waals surface area contributed by atoms with Crippen molar-refractivity contribution in [2.24, 2.45) is 0 Å². The number of ether oxygens (including phenoxy) is 1. The Hall–Kier alpha value is -2.85. The van der Waals surface area contributed by atoms with Gasteiger partial charge < -0.3 is 20.1 Å². The van der Waals surface area contributed by atoms with E-state index in [1.807, 2.05) is 19.1 Å². The predicted molar refractivity (Wildman–Crippen MR) is 116 cm³/mol. The molecule has 30 heavy (non-hydrogen) atoms. The zero-order valence-electron chi connectivity index (χ0n) is 16.8. The number of phenols is 1. The molecule has 2 heterocycles. The van der Waals surface area contributed by atoms with Gasteiger partial charge in [0.1, 0.15) is 10.6 Å². The Kier molecular flexibility index (Phi) is 7.11. The number of nitrogens with one attached hydrogen (secondary N) is 2. The maximum Gasteiger partial charge on any atom is 0.350 e. The number of aromatic hydroxyl groups is 1. The monoisotopic (exact) mass is 446 g/mol. The molecule has 0 fully saturated rings. The highest BCUT2D eigenvalue weighted by molar-refractivity contribution is 7.99. The minimum absolute atomic E-state index is 0.152. The van der Waals surface area contributed by atoms with Crippen molar-refractivity contribution >= 4 is 40.1 Å². The molecule has 0 aliphatic carbocycles. The van der Waals surface area contributed by atoms with Gasteiger partial charge in [0.05, 0.1) is 23.7 Å². The number of benzene rings is 1. The molecule has 0 atom stereocenters. The number of phenolic OH excluding ortho intramolecular Hbond substituents is 1. The van der Waals surface area contributed by atoms with Crippen molar-refractivity contribution in [3.8, 4) is 5.75 Å². The quantitative estimate of drug-likeness (QED) is 0.357. The number of aryl methyl sites for hydroxylation is 2. The summed E-state index contributed by atoms with van der Waals surface area (Å²) in [7, 11) is 0. The third-order valence-corrected chi connectivity index (χ3v) is 6.04. The molecule has 0 radical (unpaired) electrons. The van der Waals surface area contributed by atoms with E-state index in [0.29, 0.717) is 27.3 Å². The average molecular weight is 447 g/mol. The second kappa shape index (κ2) is 9.77. The van der Waals surface area contributed by atoms with Crippen molar-refractivity contribution in [2.45, 2.75) is 32.3 Å². The topological polar surface area (TPSA) is 117 Å². The number of aromatic amines is 1. The number of H-pyrrole nitrogens is 1. The van der Waals surface area contributed by atoms with Gasteiger partial charge in [-0.2, -0.15) is 0 Å². The summed E-state index contributed by atoms with van der Waals surface area (Å²) in [4.78, 5) is 36.5. The summed E-state index contributed by atoms with van der Waals surface area (Å²) in [5.74, 6) is -0.295. The Morgan fingerprint density at radius 2 is 1.97 bits per heavy atom. The summed E-state index contributed by atoms with van der Waals surface area (Å²) in [5.41, 5.74) is 3.38. The summed E-state index contributed by atoms with van der Waals surface area (Å²) in [6.07, 6.45) is 0.629. The molecule has 158 valence electrons. The number of esters is 1. The van der Waals surface area contributed by atoms with Gasteiger partial charge >= 0.3 is 5.97 Å². The molecule has 0 saturated carbocycles. The third kappa shape index (κ3) is 5.61. The van der Waals surface area contributed by atoms with Gasteiger partial charge in [0, 0.05) is 12.1 Å². The molecule has 1 aromatic carbocycles. The van der Waals surface area contributed by atoms with E-state index in [4.69, 9.17) is 4.74 Å². The van der Waals surface area contributed by atoms with Gasteiger partial charge in [-0.1, -0.05) is 35.2 Å². The Morgan fingerprint density at radius 3 is 2.67 bits per heavy atom. The fourth-order valence-electron chi connectivity index (χ4n) is 2.64. The summed E-state index contributed by atoms with van der Waals surface area (Å²) < 4.78 is 4.98. The first-order valence-corrected chi connectivity index (χ1v) is 11.1. The zero-order chi connectivity index (χ0) is 21.7. The number of anilines is 1. The molecule has 0 aliphatic heterocycles. The van der Waals surface area contributed by atoms with Crippen molar-refractivity contribution in [1.29, 1.82) is 0 Å². The van der Waals surface area contributed by atoms with Crippen LogP contribution < -0.4 is 5.32 Å². The molecule has 2 aromatic heterocycles. The van der Waals surface area contributed by atoms with Crippen LogP contribution >= 0.6 is 23.1 Å². The molecular formula is C20H22N4O4S2. The highest BCUT2D eigenvalue weighted by Gasteiger charge is 2.18. The average Bonchev–Trinajstić information content (AvgIpc) is 3.24. The lowest BCUT2D eigenvalue weighted by atomic mass is 10.1. The fraction of sp³-hybridized carbons (Fsp3) is 0.300. The van der Waals surface area contributed by atoms with Crippen LogP contribution in [0.2, 0.25) is 0 Å². The number of hydrogen-bond donors (Lipinski definition) is 3. The number of imidazole rings is 1. The number of nitrogens with zero attached hydrogens (tertiary/aromatic N) is 2. The molecular weight excluding hydrogens is 424 g/mol. The molecule has 8 nitrogen and oxygen atoms in total. The molecule has 3 N–H and O–H groups in total. The van der Waals surface area contributed by atoms with Crippen LogP contribution in [0, 0.1) is 13.8 Å². The van der Waals surface area contributed by atoms with Gasteiger partial charge in [-0.3, -0.25) is 4.79 Å². The van der Waals surface area contributed by atoms with E-state index in [1.165, 1.54) is 11.8 Å². The molecule has 0 saturated heterocycles. The Bertz CT molecular complexity index is 1040. The Morgan fingerprint density at radius 1 is 1.23 bits per heavy atom. The first kappa shape index (κ1) is 21.8. The van der Waals surface area contributed by atoms with Crippen molar-refractivity contribution in [2.75, 3.05) is 17.7 Å². The summed E-state index contributed by atoms with van der Waals surface area (Å²) in [5, 5.41) is 13.1. The van der Waals surface area contributed by atoms with Gasteiger partial charge in [0.2, 0.25) is 5.91 Å². The smallest absolute Gasteiger partial charge is 0.350 e. The summed E-state index contributed by atoms with van der Waals surface area (Å²) >= 11 is 2.39. The minimum atomic E-state index is -0.436. The lowest BCUT2D eigenvalue weighted by molar-refractivity contribution is -0.113. The molecule has 3 aromatic rings. The largest absolute Gasteiger partial charge is 0.508 e. The lowest BCUT2D eigenvalue weighted by Crippen LogP contribution is -2.13. The van der Waals surface area contributed by atoms with Crippen LogP contribution in [0.5, 0.6) is 5.75 Å². The van der Waals surface area contributed by atoms with Crippen molar-refractivity contribution in [3.63, 3.8) is 0 Å². The molecule has 0 unspecified atom stereocenters. The number of thiazole rings is 1. The molecule has 0 bridgehead atoms. The van der Waals surface area contributed by atoms with E-state index in [1.54, 1.807) is 26.0 Å². The van der Waals surface area contributed by atoms with E-state index >= 15 is 0 Å². The Balaban J connectivity index is 1.55. The molecule has 0 spiro atoms. The number of rotatable bonds is 8. The molecule has 3 rings (SSSR count). The van der Waals surface area contributed by atoms with Crippen molar-refractivity contribution < 1.29 is 19.4 Å². The maximum atomic E-state index is 12.3. The standard InChI is InChI=1S/C20H22N4O4S2/c1-4-28-18(27)17-12(3)22-20(30-17)24-16(26)10-29-19-21-11(2)15(23-19)9-13-5-7-14(25)8-6-13/h5-8,25H,4,9-10H2,1-3H3,(H,21,23)(H,22,24,26). The van der Waals surface area contributed by atoms with E-state index in [9.17, 15) is 14.7 Å². The normalized spacial score (nSPS) is 10.8. The first-order chi connectivity index (χ1) is 14.4. The number of thioether (sulfide) groups is 1. The van der Waals surface area contributed by atoms with E-state index in [0.717, 1.165) is 28.3 Å². The van der Waals surface area contributed by atoms with Gasteiger partial charge in [0.15, 0.2) is 10.3 Å². The first-order valence-electron chi connectivity index (χ1n) is 9.26. The second-order valence-electron chi connectivity index (χ2n) is 6.45. The van der Waals surface area contributed by atoms with Crippen LogP contribution in [0.3, 0.4) is 0 Å². The van der Waals surface area contributed by atoms with Crippen LogP contribution in [-0.4, -0.2) is 44.3 Å². The van der Waals surface area contributed by atoms with Crippen LogP contribution in [0.15, 0.2) is 29.4 Å². The van der Waals surface area contributed by atoms with Crippen LogP contribution in [-0.2, 0) is 16.0 Å². The van der Waals surface area contributed by atoms with Crippen LogP contribution in [0.4, 0.5) is 5.13 Å². The van der Waals surface area contributed by atoms with Gasteiger partial charge in [-0.15, -0.1) is 0 Å². The molecule has 1 amide bonds. The second-order valence-corrected chi connectivity index (χ2v) is 8.41. The Labute approximate surface area is 182 Å². The lowest BCUT2D eigenvalue weighted by Gasteiger charge is -2.00. The van der Waals surface area contributed by atoms with Crippen molar-refractivity contribution in [3.05, 3.63) is 51.8 Å².